The van der Waals surface area contributed by atoms with Gasteiger partial charge in [-0.15, -0.1) is 0 Å². The number of aromatic nitrogens is 2. The number of benzene rings is 2. The molecule has 2 aromatic carbocycles. The van der Waals surface area contributed by atoms with Crippen LogP contribution in [0, 0.1) is 5.82 Å². The molecule has 0 fully saturated rings. The lowest BCUT2D eigenvalue weighted by Crippen LogP contribution is -2.31. The highest BCUT2D eigenvalue weighted by Gasteiger charge is 2.47. The fourth-order valence-electron chi connectivity index (χ4n) is 4.13. The molecule has 11 heteroatoms. The Labute approximate surface area is 219 Å². The van der Waals surface area contributed by atoms with Crippen LogP contribution in [-0.4, -0.2) is 26.8 Å². The van der Waals surface area contributed by atoms with Gasteiger partial charge in [-0.05, 0) is 48.5 Å². The number of Topliss-reactive ketones (excluding diaryl/α,β-unsaturated/α-hetero) is 1. The summed E-state index contributed by atoms with van der Waals surface area (Å²) in [6, 6.07) is 13.3. The molecule has 6 rings (SSSR count). The van der Waals surface area contributed by atoms with Crippen LogP contribution >= 0.6 is 38.9 Å². The van der Waals surface area contributed by atoms with E-state index < -0.39 is 29.3 Å². The van der Waals surface area contributed by atoms with E-state index in [-0.39, 0.29) is 21.5 Å². The molecule has 0 radical (unpaired) electrons. The Kier molecular flexibility index (Phi) is 5.40. The Hall–Kier alpha value is -3.60. The molecule has 1 aliphatic rings. The Morgan fingerprint density at radius 3 is 2.81 bits per heavy atom. The third kappa shape index (κ3) is 3.60. The summed E-state index contributed by atoms with van der Waals surface area (Å²) >= 11 is 10.3. The number of nitrogens with zero attached hydrogens (tertiary/aromatic N) is 3. The summed E-state index contributed by atoms with van der Waals surface area (Å²) in [4.78, 5) is 36.9. The molecule has 0 saturated carbocycles. The molecule has 1 unspecified atom stereocenters. The second kappa shape index (κ2) is 8.51. The number of carbonyl (C=O) groups is 2. The summed E-state index contributed by atoms with van der Waals surface area (Å²) in [7, 11) is 0. The minimum absolute atomic E-state index is 0.0432. The molecule has 5 aromatic rings. The van der Waals surface area contributed by atoms with Crippen molar-refractivity contribution in [2.24, 2.45) is 0 Å². The molecule has 178 valence electrons. The Bertz CT molecular complexity index is 1710. The van der Waals surface area contributed by atoms with Crippen LogP contribution in [0.15, 0.2) is 81.0 Å². The normalized spacial score (nSPS) is 16.0. The van der Waals surface area contributed by atoms with Crippen LogP contribution in [0.4, 0.5) is 9.52 Å². The van der Waals surface area contributed by atoms with Gasteiger partial charge in [0.15, 0.2) is 16.7 Å². The van der Waals surface area contributed by atoms with E-state index in [1.807, 2.05) is 0 Å². The van der Waals surface area contributed by atoms with Crippen molar-refractivity contribution in [1.82, 2.24) is 9.97 Å². The predicted octanol–water partition coefficient (Wildman–Crippen LogP) is 6.78. The number of hydrogen-bond donors (Lipinski definition) is 1. The summed E-state index contributed by atoms with van der Waals surface area (Å²) in [6.07, 6.45) is 1.52. The number of rotatable bonds is 4. The van der Waals surface area contributed by atoms with Crippen LogP contribution in [0.1, 0.15) is 22.3 Å². The number of fused-ring (bicyclic) bond motifs is 2. The van der Waals surface area contributed by atoms with Gasteiger partial charge in [-0.25, -0.2) is 9.37 Å². The number of ketones is 1. The zero-order valence-electron chi connectivity index (χ0n) is 17.9. The lowest BCUT2D eigenvalue weighted by Gasteiger charge is -2.23. The number of thiazole rings is 1. The number of hydrogen-bond acceptors (Lipinski definition) is 7. The molecule has 0 saturated heterocycles. The average Bonchev–Trinajstić information content (AvgIpc) is 3.53. The SMILES string of the molecule is O=C(C1=C(O)C(=O)N(c2nc3cc(Cl)c(F)cc3s2)C1c1ccccn1)c1cc2cc(Br)ccc2o1. The van der Waals surface area contributed by atoms with Gasteiger partial charge in [0, 0.05) is 16.1 Å². The Morgan fingerprint density at radius 2 is 2.03 bits per heavy atom. The largest absolute Gasteiger partial charge is 0.503 e. The summed E-state index contributed by atoms with van der Waals surface area (Å²) in [5.74, 6) is -2.90. The minimum atomic E-state index is -1.09. The molecule has 0 spiro atoms. The smallest absolute Gasteiger partial charge is 0.296 e. The number of halogens is 3. The van der Waals surface area contributed by atoms with Gasteiger partial charge in [0.05, 0.1) is 26.5 Å². The van der Waals surface area contributed by atoms with Crippen molar-refractivity contribution in [2.75, 3.05) is 4.90 Å². The predicted molar refractivity (Wildman–Crippen MR) is 137 cm³/mol. The second-order valence-corrected chi connectivity index (χ2v) is 10.3. The van der Waals surface area contributed by atoms with Crippen molar-refractivity contribution in [3.8, 4) is 0 Å². The molecule has 0 aliphatic carbocycles. The molecule has 7 nitrogen and oxygen atoms in total. The van der Waals surface area contributed by atoms with Crippen LogP contribution in [0.2, 0.25) is 5.02 Å². The molecule has 0 bridgehead atoms. The van der Waals surface area contributed by atoms with Crippen molar-refractivity contribution in [3.05, 3.63) is 98.9 Å². The highest BCUT2D eigenvalue weighted by atomic mass is 79.9. The standard InChI is InChI=1S/C25H12BrClFN3O4S/c26-12-4-5-17-11(7-12)8-18(35-17)22(32)20-21(15-3-1-2-6-29-15)31(24(34)23(20)33)25-30-16-9-13(27)14(28)10-19(16)36-25/h1-10,21,33H. The third-order valence-electron chi connectivity index (χ3n) is 5.75. The number of carbonyl (C=O) groups excluding carboxylic acids is 2. The first-order valence-electron chi connectivity index (χ1n) is 10.5. The highest BCUT2D eigenvalue weighted by molar-refractivity contribution is 9.10. The van der Waals surface area contributed by atoms with E-state index in [2.05, 4.69) is 25.9 Å². The van der Waals surface area contributed by atoms with Crippen molar-refractivity contribution in [2.45, 2.75) is 6.04 Å². The molecular weight excluding hydrogens is 573 g/mol. The molecule has 1 aliphatic heterocycles. The van der Waals surface area contributed by atoms with E-state index in [0.29, 0.717) is 26.9 Å². The summed E-state index contributed by atoms with van der Waals surface area (Å²) in [5, 5.41) is 11.6. The first-order valence-corrected chi connectivity index (χ1v) is 12.5. The van der Waals surface area contributed by atoms with E-state index in [1.54, 1.807) is 42.5 Å². The van der Waals surface area contributed by atoms with Crippen LogP contribution in [0.5, 0.6) is 0 Å². The maximum absolute atomic E-state index is 14.0. The molecule has 1 atom stereocenters. The second-order valence-electron chi connectivity index (χ2n) is 7.95. The van der Waals surface area contributed by atoms with Crippen LogP contribution < -0.4 is 4.90 Å². The van der Waals surface area contributed by atoms with E-state index >= 15 is 0 Å². The van der Waals surface area contributed by atoms with Gasteiger partial charge in [-0.1, -0.05) is 44.9 Å². The number of anilines is 1. The average molecular weight is 585 g/mol. The summed E-state index contributed by atoms with van der Waals surface area (Å²) in [5.41, 5.74) is 0.985. The van der Waals surface area contributed by atoms with Crippen molar-refractivity contribution >= 4 is 76.9 Å². The Morgan fingerprint density at radius 1 is 1.19 bits per heavy atom. The molecule has 36 heavy (non-hydrogen) atoms. The summed E-state index contributed by atoms with van der Waals surface area (Å²) in [6.45, 7) is 0. The number of aliphatic hydroxyl groups is 1. The molecule has 4 heterocycles. The van der Waals surface area contributed by atoms with Gasteiger partial charge >= 0.3 is 0 Å². The maximum Gasteiger partial charge on any atom is 0.296 e. The first kappa shape index (κ1) is 22.8. The van der Waals surface area contributed by atoms with Gasteiger partial charge in [0.25, 0.3) is 5.91 Å². The number of aliphatic hydroxyl groups excluding tert-OH is 1. The fourth-order valence-corrected chi connectivity index (χ4v) is 5.66. The van der Waals surface area contributed by atoms with E-state index in [4.69, 9.17) is 16.0 Å². The highest BCUT2D eigenvalue weighted by Crippen LogP contribution is 2.44. The topological polar surface area (TPSA) is 96.5 Å². The van der Waals surface area contributed by atoms with Gasteiger partial charge in [0.1, 0.15) is 17.4 Å². The molecular formula is C25H12BrClFN3O4S. The summed E-state index contributed by atoms with van der Waals surface area (Å²) < 4.78 is 21.0. The maximum atomic E-state index is 14.0. The quantitative estimate of drug-likeness (QED) is 0.234. The third-order valence-corrected chi connectivity index (χ3v) is 7.55. The van der Waals surface area contributed by atoms with Crippen molar-refractivity contribution < 1.29 is 23.5 Å². The molecule has 3 aromatic heterocycles. The fraction of sp³-hybridized carbons (Fsp3) is 0.0400. The van der Waals surface area contributed by atoms with Gasteiger partial charge in [0.2, 0.25) is 5.78 Å². The van der Waals surface area contributed by atoms with Gasteiger partial charge in [-0.2, -0.15) is 0 Å². The van der Waals surface area contributed by atoms with Crippen LogP contribution in [-0.2, 0) is 4.79 Å². The van der Waals surface area contributed by atoms with Crippen LogP contribution in [0.3, 0.4) is 0 Å². The minimum Gasteiger partial charge on any atom is -0.503 e. The monoisotopic (exact) mass is 583 g/mol. The number of pyridine rings is 1. The van der Waals surface area contributed by atoms with Crippen molar-refractivity contribution in [1.29, 1.82) is 0 Å². The first-order chi connectivity index (χ1) is 17.3. The number of furan rings is 1. The zero-order chi connectivity index (χ0) is 25.1. The number of amides is 1. The lowest BCUT2D eigenvalue weighted by molar-refractivity contribution is -0.117. The molecule has 1 amide bonds. The van der Waals surface area contributed by atoms with Crippen LogP contribution in [0.25, 0.3) is 21.2 Å². The van der Waals surface area contributed by atoms with E-state index in [9.17, 15) is 19.1 Å². The van der Waals surface area contributed by atoms with E-state index in [0.717, 1.165) is 15.8 Å². The van der Waals surface area contributed by atoms with E-state index in [1.165, 1.54) is 23.2 Å². The Balaban J connectivity index is 1.50. The van der Waals surface area contributed by atoms with Crippen molar-refractivity contribution in [3.63, 3.8) is 0 Å². The zero-order valence-corrected chi connectivity index (χ0v) is 21.1. The lowest BCUT2D eigenvalue weighted by atomic mass is 9.98. The van der Waals surface area contributed by atoms with Gasteiger partial charge < -0.3 is 9.52 Å². The van der Waals surface area contributed by atoms with Gasteiger partial charge in [-0.3, -0.25) is 19.5 Å². The molecule has 1 N–H and O–H groups in total.